The molecule has 0 radical (unpaired) electrons. The van der Waals surface area contributed by atoms with Gasteiger partial charge in [0.1, 0.15) is 23.7 Å². The molecule has 1 atom stereocenters. The largest absolute Gasteiger partial charge is 0.486 e. The number of piperidine rings is 1. The summed E-state index contributed by atoms with van der Waals surface area (Å²) in [7, 11) is -1.24. The molecule has 176 valence electrons. The number of rotatable bonds is 7. The van der Waals surface area contributed by atoms with Crippen molar-refractivity contribution in [3.8, 4) is 11.4 Å². The quantitative estimate of drug-likeness (QED) is 0.488. The summed E-state index contributed by atoms with van der Waals surface area (Å²) < 4.78 is 20.1. The molecule has 0 saturated carbocycles. The van der Waals surface area contributed by atoms with Crippen molar-refractivity contribution in [1.82, 2.24) is 30.2 Å². The molecule has 12 heteroatoms. The molecule has 2 aliphatic heterocycles. The molecular formula is C22H23ClN8O2S. The lowest BCUT2D eigenvalue weighted by Crippen LogP contribution is -2.37. The van der Waals surface area contributed by atoms with Crippen molar-refractivity contribution in [1.29, 1.82) is 0 Å². The first kappa shape index (κ1) is 22.6. The first-order valence-corrected chi connectivity index (χ1v) is 12.6. The van der Waals surface area contributed by atoms with Gasteiger partial charge in [-0.1, -0.05) is 18.5 Å². The summed E-state index contributed by atoms with van der Waals surface area (Å²) in [6, 6.07) is 5.28. The summed E-state index contributed by atoms with van der Waals surface area (Å²) in [5.41, 5.74) is 2.50. The predicted octanol–water partition coefficient (Wildman–Crippen LogP) is 2.97. The van der Waals surface area contributed by atoms with Gasteiger partial charge < -0.3 is 9.64 Å². The van der Waals surface area contributed by atoms with Crippen molar-refractivity contribution in [3.05, 3.63) is 58.6 Å². The van der Waals surface area contributed by atoms with E-state index >= 15 is 0 Å². The van der Waals surface area contributed by atoms with Crippen LogP contribution < -0.4 is 9.64 Å². The van der Waals surface area contributed by atoms with Gasteiger partial charge in [0.2, 0.25) is 5.95 Å². The van der Waals surface area contributed by atoms with E-state index in [9.17, 15) is 4.21 Å². The molecule has 1 unspecified atom stereocenters. The lowest BCUT2D eigenvalue weighted by molar-refractivity contribution is 0.351. The standard InChI is InChI=1S/C22H23ClN8O2S/c1-2-15-10-24-22(25-11-15)30-7-5-16(6-8-30)21-27-17(13-34(21)32)12-33-20-4-3-18(9-19(20)23)31-14-26-28-29-31/h3-4,9-11,13-14,16H,2,5-8,12H2,1H3. The maximum absolute atomic E-state index is 12.7. The Morgan fingerprint density at radius 3 is 2.68 bits per heavy atom. The Morgan fingerprint density at radius 2 is 2.00 bits per heavy atom. The van der Waals surface area contributed by atoms with Gasteiger partial charge in [0, 0.05) is 36.8 Å². The highest BCUT2D eigenvalue weighted by molar-refractivity contribution is 8.03. The minimum atomic E-state index is -1.24. The lowest BCUT2D eigenvalue weighted by Gasteiger charge is -2.31. The number of aromatic nitrogens is 6. The molecule has 34 heavy (non-hydrogen) atoms. The van der Waals surface area contributed by atoms with Crippen LogP contribution in [-0.2, 0) is 17.2 Å². The number of benzene rings is 1. The monoisotopic (exact) mass is 498 g/mol. The van der Waals surface area contributed by atoms with Gasteiger partial charge in [-0.25, -0.2) is 23.9 Å². The highest BCUT2D eigenvalue weighted by atomic mass is 35.5. The Morgan fingerprint density at radius 1 is 1.21 bits per heavy atom. The van der Waals surface area contributed by atoms with Crippen molar-refractivity contribution >= 4 is 33.4 Å². The predicted molar refractivity (Wildman–Crippen MR) is 130 cm³/mol. The molecule has 1 saturated heterocycles. The molecule has 2 aromatic heterocycles. The van der Waals surface area contributed by atoms with Crippen LogP contribution in [0.2, 0.25) is 5.02 Å². The zero-order valence-electron chi connectivity index (χ0n) is 18.5. The first-order chi connectivity index (χ1) is 16.6. The number of hydrogen-bond donors (Lipinski definition) is 0. The number of aryl methyl sites for hydroxylation is 1. The molecule has 0 bridgehead atoms. The van der Waals surface area contributed by atoms with Crippen LogP contribution in [0.3, 0.4) is 0 Å². The van der Waals surface area contributed by atoms with Crippen molar-refractivity contribution in [2.24, 2.45) is 10.9 Å². The minimum Gasteiger partial charge on any atom is -0.486 e. The maximum atomic E-state index is 12.7. The van der Waals surface area contributed by atoms with Gasteiger partial charge >= 0.3 is 0 Å². The molecule has 0 N–H and O–H groups in total. The highest BCUT2D eigenvalue weighted by Gasteiger charge is 2.30. The zero-order valence-corrected chi connectivity index (χ0v) is 20.1. The van der Waals surface area contributed by atoms with E-state index in [1.54, 1.807) is 23.6 Å². The fourth-order valence-electron chi connectivity index (χ4n) is 3.92. The molecule has 5 rings (SSSR count). The second kappa shape index (κ2) is 9.98. The molecule has 2 aliphatic rings. The van der Waals surface area contributed by atoms with E-state index < -0.39 is 10.8 Å². The van der Waals surface area contributed by atoms with Gasteiger partial charge in [0.25, 0.3) is 0 Å². The van der Waals surface area contributed by atoms with Crippen LogP contribution in [0.5, 0.6) is 5.75 Å². The molecule has 3 aromatic rings. The fourth-order valence-corrected chi connectivity index (χ4v) is 5.41. The van der Waals surface area contributed by atoms with Crippen LogP contribution in [0.15, 0.2) is 53.0 Å². The van der Waals surface area contributed by atoms with Crippen molar-refractivity contribution in [2.75, 3.05) is 24.6 Å². The molecule has 4 heterocycles. The van der Waals surface area contributed by atoms with Crippen molar-refractivity contribution < 1.29 is 8.95 Å². The van der Waals surface area contributed by atoms with E-state index in [2.05, 4.69) is 42.3 Å². The third-order valence-corrected chi connectivity index (χ3v) is 7.45. The summed E-state index contributed by atoms with van der Waals surface area (Å²) in [5, 5.41) is 13.9. The number of anilines is 1. The van der Waals surface area contributed by atoms with E-state index in [0.29, 0.717) is 16.5 Å². The second-order valence-corrected chi connectivity index (χ2v) is 9.68. The fraction of sp³-hybridized carbons (Fsp3) is 0.364. The SMILES string of the molecule is CCc1cnc(N2CCC(C3=NC(COc4ccc(-n5cnnn5)cc4Cl)=CS3=O)CC2)nc1. The van der Waals surface area contributed by atoms with Crippen LogP contribution in [0.25, 0.3) is 5.69 Å². The summed E-state index contributed by atoms with van der Waals surface area (Å²) >= 11 is 6.35. The first-order valence-electron chi connectivity index (χ1n) is 11.0. The number of tetrazole rings is 1. The molecule has 1 aromatic carbocycles. The Labute approximate surface area is 204 Å². The number of halogens is 1. The Balaban J connectivity index is 1.17. The van der Waals surface area contributed by atoms with Gasteiger partial charge in [-0.2, -0.15) is 0 Å². The van der Waals surface area contributed by atoms with E-state index in [0.717, 1.165) is 54.6 Å². The van der Waals surface area contributed by atoms with Gasteiger partial charge in [0.05, 0.1) is 27.2 Å². The Hall–Kier alpha value is -3.18. The minimum absolute atomic E-state index is 0.167. The normalized spacial score (nSPS) is 18.6. The van der Waals surface area contributed by atoms with Crippen molar-refractivity contribution in [2.45, 2.75) is 26.2 Å². The van der Waals surface area contributed by atoms with Gasteiger partial charge in [-0.05, 0) is 53.5 Å². The highest BCUT2D eigenvalue weighted by Crippen LogP contribution is 2.29. The van der Waals surface area contributed by atoms with Crippen LogP contribution in [0.4, 0.5) is 5.95 Å². The van der Waals surface area contributed by atoms with E-state index in [-0.39, 0.29) is 12.5 Å². The van der Waals surface area contributed by atoms with Gasteiger partial charge in [0.15, 0.2) is 0 Å². The van der Waals surface area contributed by atoms with Crippen LogP contribution in [0.1, 0.15) is 25.3 Å². The molecular weight excluding hydrogens is 476 g/mol. The third kappa shape index (κ3) is 4.85. The third-order valence-electron chi connectivity index (χ3n) is 5.83. The number of nitrogens with zero attached hydrogens (tertiary/aromatic N) is 8. The van der Waals surface area contributed by atoms with E-state index in [1.165, 1.54) is 11.0 Å². The Bertz CT molecular complexity index is 1240. The summed E-state index contributed by atoms with van der Waals surface area (Å²) in [4.78, 5) is 15.8. The van der Waals surface area contributed by atoms with Crippen LogP contribution in [0, 0.1) is 5.92 Å². The maximum Gasteiger partial charge on any atom is 0.225 e. The van der Waals surface area contributed by atoms with Crippen molar-refractivity contribution in [3.63, 3.8) is 0 Å². The average molecular weight is 499 g/mol. The average Bonchev–Trinajstić information content (AvgIpc) is 3.54. The summed E-state index contributed by atoms with van der Waals surface area (Å²) in [6.45, 7) is 3.89. The number of aliphatic imine (C=N–C) groups is 1. The smallest absolute Gasteiger partial charge is 0.225 e. The molecule has 0 spiro atoms. The zero-order chi connectivity index (χ0) is 23.5. The Kier molecular flexibility index (Phi) is 6.63. The molecule has 0 aliphatic carbocycles. The van der Waals surface area contributed by atoms with Gasteiger partial charge in [-0.15, -0.1) is 5.10 Å². The topological polar surface area (TPSA) is 111 Å². The van der Waals surface area contributed by atoms with Crippen LogP contribution >= 0.6 is 11.6 Å². The van der Waals surface area contributed by atoms with Crippen LogP contribution in [-0.4, -0.2) is 59.1 Å². The lowest BCUT2D eigenvalue weighted by atomic mass is 9.98. The van der Waals surface area contributed by atoms with E-state index in [4.69, 9.17) is 16.3 Å². The van der Waals surface area contributed by atoms with Gasteiger partial charge in [-0.3, -0.25) is 0 Å². The summed E-state index contributed by atoms with van der Waals surface area (Å²) in [6.07, 6.45) is 7.89. The molecule has 1 fully saturated rings. The molecule has 10 nitrogen and oxygen atoms in total. The number of hydrogen-bond acceptors (Lipinski definition) is 9. The van der Waals surface area contributed by atoms with E-state index in [1.807, 2.05) is 12.4 Å². The molecule has 0 amide bonds. The summed E-state index contributed by atoms with van der Waals surface area (Å²) in [5.74, 6) is 1.43. The number of ether oxygens (including phenoxy) is 1. The second-order valence-electron chi connectivity index (χ2n) is 8.02.